The molecule has 2 amide bonds. The quantitative estimate of drug-likeness (QED) is 0.599. The average molecular weight is 392 g/mol. The normalized spacial score (nSPS) is 15.6. The number of hydrogen-bond donors (Lipinski definition) is 3. The molecule has 2 aromatic carbocycles. The molecule has 6 heteroatoms. The number of phenolic OH excluding ortho intramolecular Hbond substituents is 1. The van der Waals surface area contributed by atoms with E-state index in [2.05, 4.69) is 10.6 Å². The van der Waals surface area contributed by atoms with Crippen molar-refractivity contribution in [3.05, 3.63) is 75.7 Å². The highest BCUT2D eigenvalue weighted by Gasteiger charge is 2.32. The molecule has 0 saturated carbocycles. The van der Waals surface area contributed by atoms with Gasteiger partial charge in [0.2, 0.25) is 5.91 Å². The van der Waals surface area contributed by atoms with Crippen LogP contribution in [0.5, 0.6) is 5.75 Å². The highest BCUT2D eigenvalue weighted by Crippen LogP contribution is 2.45. The minimum absolute atomic E-state index is 0.0716. The van der Waals surface area contributed by atoms with Gasteiger partial charge in [-0.15, -0.1) is 11.3 Å². The summed E-state index contributed by atoms with van der Waals surface area (Å²) in [5.41, 5.74) is 4.57. The number of carbonyl (C=O) groups excluding carboxylic acids is 2. The first kappa shape index (κ1) is 18.3. The number of aryl methyl sites for hydroxylation is 1. The molecular weight excluding hydrogens is 372 g/mol. The minimum Gasteiger partial charge on any atom is -0.508 e. The van der Waals surface area contributed by atoms with E-state index < -0.39 is 0 Å². The van der Waals surface area contributed by atoms with Crippen molar-refractivity contribution in [2.45, 2.75) is 26.2 Å². The molecule has 1 atom stereocenters. The van der Waals surface area contributed by atoms with Crippen LogP contribution in [0.3, 0.4) is 0 Å². The lowest BCUT2D eigenvalue weighted by atomic mass is 9.85. The molecule has 28 heavy (non-hydrogen) atoms. The summed E-state index contributed by atoms with van der Waals surface area (Å²) in [5.74, 6) is -0.201. The highest BCUT2D eigenvalue weighted by molar-refractivity contribution is 7.18. The highest BCUT2D eigenvalue weighted by atomic mass is 32.1. The SMILES string of the molecule is Cc1ccccc1NC(=O)c1sc2c(c1C)[C@@H](c1ccc(O)cc1)CC(=O)N2. The lowest BCUT2D eigenvalue weighted by Crippen LogP contribution is -2.22. The van der Waals surface area contributed by atoms with Crippen molar-refractivity contribution in [3.63, 3.8) is 0 Å². The number of nitrogens with one attached hydrogen (secondary N) is 2. The van der Waals surface area contributed by atoms with Gasteiger partial charge in [0.25, 0.3) is 5.91 Å². The third-order valence-electron chi connectivity index (χ3n) is 5.08. The molecule has 142 valence electrons. The monoisotopic (exact) mass is 392 g/mol. The van der Waals surface area contributed by atoms with Crippen LogP contribution in [0, 0.1) is 13.8 Å². The Labute approximate surface area is 167 Å². The van der Waals surface area contributed by atoms with Crippen LogP contribution in [-0.2, 0) is 4.79 Å². The minimum atomic E-state index is -0.176. The largest absolute Gasteiger partial charge is 0.508 e. The van der Waals surface area contributed by atoms with Gasteiger partial charge in [0, 0.05) is 18.0 Å². The Bertz CT molecular complexity index is 1070. The van der Waals surface area contributed by atoms with E-state index in [9.17, 15) is 14.7 Å². The molecule has 0 radical (unpaired) electrons. The summed E-state index contributed by atoms with van der Waals surface area (Å²) >= 11 is 1.31. The first-order chi connectivity index (χ1) is 13.4. The Morgan fingerprint density at radius 2 is 1.86 bits per heavy atom. The summed E-state index contributed by atoms with van der Waals surface area (Å²) in [5, 5.41) is 16.2. The number of hydrogen-bond acceptors (Lipinski definition) is 4. The van der Waals surface area contributed by atoms with E-state index in [0.29, 0.717) is 11.3 Å². The standard InChI is InChI=1S/C22H20N2O3S/c1-12-5-3-4-6-17(12)23-21(27)20-13(2)19-16(11-18(26)24-22(19)28-20)14-7-9-15(25)10-8-14/h3-10,16,25H,11H2,1-2H3,(H,23,27)(H,24,26)/t16-/m1/s1. The summed E-state index contributed by atoms with van der Waals surface area (Å²) in [6.45, 7) is 3.87. The predicted molar refractivity (Wildman–Crippen MR) is 111 cm³/mol. The van der Waals surface area contributed by atoms with Gasteiger partial charge in [0.1, 0.15) is 5.75 Å². The van der Waals surface area contributed by atoms with Crippen LogP contribution in [0.15, 0.2) is 48.5 Å². The molecule has 0 spiro atoms. The molecule has 3 N–H and O–H groups in total. The second-order valence-corrected chi connectivity index (χ2v) is 7.99. The number of phenols is 1. The zero-order valence-corrected chi connectivity index (χ0v) is 16.4. The van der Waals surface area contributed by atoms with Gasteiger partial charge in [-0.2, -0.15) is 0 Å². The molecule has 0 bridgehead atoms. The van der Waals surface area contributed by atoms with Gasteiger partial charge in [-0.05, 0) is 54.3 Å². The second-order valence-electron chi connectivity index (χ2n) is 6.96. The van der Waals surface area contributed by atoms with Gasteiger partial charge in [-0.3, -0.25) is 9.59 Å². The zero-order chi connectivity index (χ0) is 19.8. The van der Waals surface area contributed by atoms with E-state index >= 15 is 0 Å². The molecule has 0 saturated heterocycles. The average Bonchev–Trinajstić information content (AvgIpc) is 3.00. The number of carbonyl (C=O) groups is 2. The maximum absolute atomic E-state index is 12.9. The molecule has 1 aromatic heterocycles. The van der Waals surface area contributed by atoms with Crippen LogP contribution in [0.25, 0.3) is 0 Å². The lowest BCUT2D eigenvalue weighted by Gasteiger charge is -2.24. The third kappa shape index (κ3) is 3.27. The molecule has 0 unspecified atom stereocenters. The summed E-state index contributed by atoms with van der Waals surface area (Å²) in [6.07, 6.45) is 0.314. The molecule has 0 fully saturated rings. The van der Waals surface area contributed by atoms with Crippen LogP contribution < -0.4 is 10.6 Å². The van der Waals surface area contributed by atoms with E-state index in [1.807, 2.05) is 50.2 Å². The van der Waals surface area contributed by atoms with Gasteiger partial charge in [0.05, 0.1) is 9.88 Å². The van der Waals surface area contributed by atoms with Gasteiger partial charge in [-0.1, -0.05) is 30.3 Å². The number of fused-ring (bicyclic) bond motifs is 1. The smallest absolute Gasteiger partial charge is 0.266 e. The molecular formula is C22H20N2O3S. The fraction of sp³-hybridized carbons (Fsp3) is 0.182. The van der Waals surface area contributed by atoms with E-state index in [-0.39, 0.29) is 23.5 Å². The van der Waals surface area contributed by atoms with E-state index in [1.165, 1.54) is 11.3 Å². The fourth-order valence-corrected chi connectivity index (χ4v) is 4.78. The predicted octanol–water partition coefficient (Wildman–Crippen LogP) is 4.80. The van der Waals surface area contributed by atoms with Crippen LogP contribution in [-0.4, -0.2) is 16.9 Å². The first-order valence-corrected chi connectivity index (χ1v) is 9.84. The molecule has 1 aliphatic rings. The van der Waals surface area contributed by atoms with E-state index in [1.54, 1.807) is 12.1 Å². The van der Waals surface area contributed by atoms with Crippen molar-refractivity contribution in [2.75, 3.05) is 10.6 Å². The lowest BCUT2D eigenvalue weighted by molar-refractivity contribution is -0.116. The topological polar surface area (TPSA) is 78.4 Å². The summed E-state index contributed by atoms with van der Waals surface area (Å²) in [4.78, 5) is 25.8. The van der Waals surface area contributed by atoms with Crippen molar-refractivity contribution in [1.82, 2.24) is 0 Å². The number of anilines is 2. The first-order valence-electron chi connectivity index (χ1n) is 9.03. The molecule has 2 heterocycles. The number of aromatic hydroxyl groups is 1. The Morgan fingerprint density at radius 3 is 2.57 bits per heavy atom. The molecule has 4 rings (SSSR count). The number of para-hydroxylation sites is 1. The third-order valence-corrected chi connectivity index (χ3v) is 6.30. The van der Waals surface area contributed by atoms with Gasteiger partial charge in [-0.25, -0.2) is 0 Å². The number of thiophene rings is 1. The maximum Gasteiger partial charge on any atom is 0.266 e. The summed E-state index contributed by atoms with van der Waals surface area (Å²) in [7, 11) is 0. The number of benzene rings is 2. The molecule has 5 nitrogen and oxygen atoms in total. The molecule has 0 aliphatic carbocycles. The van der Waals surface area contributed by atoms with E-state index in [4.69, 9.17) is 0 Å². The Kier molecular flexibility index (Phi) is 4.65. The molecule has 3 aromatic rings. The second kappa shape index (κ2) is 7.13. The molecule has 1 aliphatic heterocycles. The van der Waals surface area contributed by atoms with Crippen molar-refractivity contribution in [2.24, 2.45) is 0 Å². The maximum atomic E-state index is 12.9. The van der Waals surface area contributed by atoms with Crippen LogP contribution >= 0.6 is 11.3 Å². The van der Waals surface area contributed by atoms with Crippen molar-refractivity contribution < 1.29 is 14.7 Å². The van der Waals surface area contributed by atoms with Crippen LogP contribution in [0.4, 0.5) is 10.7 Å². The van der Waals surface area contributed by atoms with Crippen LogP contribution in [0.2, 0.25) is 0 Å². The summed E-state index contributed by atoms with van der Waals surface area (Å²) in [6, 6.07) is 14.5. The van der Waals surface area contributed by atoms with Gasteiger partial charge >= 0.3 is 0 Å². The Balaban J connectivity index is 1.72. The van der Waals surface area contributed by atoms with Crippen molar-refractivity contribution in [1.29, 1.82) is 0 Å². The van der Waals surface area contributed by atoms with Crippen LogP contribution in [0.1, 0.15) is 44.3 Å². The fourth-order valence-electron chi connectivity index (χ4n) is 3.60. The van der Waals surface area contributed by atoms with Crippen molar-refractivity contribution >= 4 is 33.8 Å². The Hall–Kier alpha value is -3.12. The van der Waals surface area contributed by atoms with Crippen molar-refractivity contribution in [3.8, 4) is 5.75 Å². The zero-order valence-electron chi connectivity index (χ0n) is 15.6. The number of rotatable bonds is 3. The van der Waals surface area contributed by atoms with E-state index in [0.717, 1.165) is 32.9 Å². The Morgan fingerprint density at radius 1 is 1.14 bits per heavy atom. The number of amides is 2. The van der Waals surface area contributed by atoms with Gasteiger partial charge in [0.15, 0.2) is 0 Å². The summed E-state index contributed by atoms with van der Waals surface area (Å²) < 4.78 is 0. The van der Waals surface area contributed by atoms with Gasteiger partial charge < -0.3 is 15.7 Å².